The van der Waals surface area contributed by atoms with Crippen molar-refractivity contribution in [2.75, 3.05) is 13.2 Å². The molecule has 8 heteroatoms. The molecule has 1 N–H and O–H groups in total. The predicted molar refractivity (Wildman–Crippen MR) is 77.2 cm³/mol. The Labute approximate surface area is 127 Å². The number of rotatable bonds is 9. The summed E-state index contributed by atoms with van der Waals surface area (Å²) in [4.78, 5) is 10.5. The van der Waals surface area contributed by atoms with Crippen molar-refractivity contribution in [3.63, 3.8) is 0 Å². The van der Waals surface area contributed by atoms with Gasteiger partial charge in [-0.05, 0) is 25.8 Å². The number of carboxylic acid groups (broad SMARTS) is 1. The van der Waals surface area contributed by atoms with Gasteiger partial charge in [-0.15, -0.1) is 0 Å². The minimum absolute atomic E-state index is 0.0911. The molecule has 0 radical (unpaired) electrons. The lowest BCUT2D eigenvalue weighted by Crippen LogP contribution is -2.18. The van der Waals surface area contributed by atoms with Gasteiger partial charge in [-0.1, -0.05) is 24.3 Å². The second-order valence-corrected chi connectivity index (χ2v) is 6.54. The maximum atomic E-state index is 14.4. The lowest BCUT2D eigenvalue weighted by Gasteiger charge is -2.26. The van der Waals surface area contributed by atoms with Gasteiger partial charge in [-0.2, -0.15) is 8.78 Å². The zero-order valence-corrected chi connectivity index (χ0v) is 13.3. The number of aryl methyl sites for hydroxylation is 1. The van der Waals surface area contributed by atoms with E-state index in [2.05, 4.69) is 0 Å². The number of carbonyl (C=O) groups is 1. The Kier molecular flexibility index (Phi) is 6.66. The zero-order valence-electron chi connectivity index (χ0n) is 12.4. The molecule has 0 aromatic heterocycles. The highest BCUT2D eigenvalue weighted by Crippen LogP contribution is 2.66. The van der Waals surface area contributed by atoms with Gasteiger partial charge in [0.1, 0.15) is 0 Å². The summed E-state index contributed by atoms with van der Waals surface area (Å²) in [5.41, 5.74) is -3.66. The number of aliphatic carboxylic acids is 1. The van der Waals surface area contributed by atoms with Crippen LogP contribution in [0.25, 0.3) is 0 Å². The third-order valence-corrected chi connectivity index (χ3v) is 5.01. The van der Waals surface area contributed by atoms with Gasteiger partial charge in [0.2, 0.25) is 0 Å². The molecule has 0 amide bonds. The van der Waals surface area contributed by atoms with Crippen LogP contribution in [0.1, 0.15) is 31.4 Å². The molecule has 0 atom stereocenters. The number of carboxylic acids is 1. The van der Waals surface area contributed by atoms with E-state index in [1.54, 1.807) is 0 Å². The molecule has 0 saturated heterocycles. The highest BCUT2D eigenvalue weighted by atomic mass is 31.2. The first-order valence-corrected chi connectivity index (χ1v) is 8.39. The third-order valence-electron chi connectivity index (χ3n) is 2.87. The molecular formula is C14H19F2O5P. The van der Waals surface area contributed by atoms with E-state index in [1.165, 1.54) is 26.0 Å². The summed E-state index contributed by atoms with van der Waals surface area (Å²) < 4.78 is 50.5. The molecule has 124 valence electrons. The van der Waals surface area contributed by atoms with Crippen LogP contribution < -0.4 is 0 Å². The molecule has 0 aliphatic carbocycles. The van der Waals surface area contributed by atoms with Gasteiger partial charge < -0.3 is 14.2 Å². The zero-order chi connectivity index (χ0) is 16.8. The normalized spacial score (nSPS) is 12.4. The topological polar surface area (TPSA) is 72.8 Å². The van der Waals surface area contributed by atoms with Gasteiger partial charge >= 0.3 is 19.2 Å². The number of alkyl halides is 2. The number of hydrogen-bond acceptors (Lipinski definition) is 4. The number of benzene rings is 1. The van der Waals surface area contributed by atoms with Crippen LogP contribution >= 0.6 is 7.60 Å². The molecule has 0 heterocycles. The molecule has 0 spiro atoms. The fourth-order valence-electron chi connectivity index (χ4n) is 1.82. The average molecular weight is 336 g/mol. The molecule has 22 heavy (non-hydrogen) atoms. The van der Waals surface area contributed by atoms with E-state index >= 15 is 0 Å². The second kappa shape index (κ2) is 7.81. The highest BCUT2D eigenvalue weighted by molar-refractivity contribution is 7.54. The SMILES string of the molecule is CCOP(=O)(OCC)C(F)(F)c1ccc(CCC(=O)O)cc1. The van der Waals surface area contributed by atoms with Crippen molar-refractivity contribution in [1.29, 1.82) is 0 Å². The summed E-state index contributed by atoms with van der Waals surface area (Å²) >= 11 is 0. The van der Waals surface area contributed by atoms with Crippen LogP contribution in [0.15, 0.2) is 24.3 Å². The summed E-state index contributed by atoms with van der Waals surface area (Å²) in [5, 5.41) is 8.59. The molecule has 1 aromatic carbocycles. The minimum atomic E-state index is -4.62. The lowest BCUT2D eigenvalue weighted by molar-refractivity contribution is -0.136. The van der Waals surface area contributed by atoms with Crippen molar-refractivity contribution in [3.8, 4) is 0 Å². The Morgan fingerprint density at radius 3 is 2.09 bits per heavy atom. The molecule has 1 aromatic rings. The quantitative estimate of drug-likeness (QED) is 0.690. The lowest BCUT2D eigenvalue weighted by atomic mass is 10.1. The Morgan fingerprint density at radius 2 is 1.68 bits per heavy atom. The summed E-state index contributed by atoms with van der Waals surface area (Å²) in [6, 6.07) is 4.99. The maximum Gasteiger partial charge on any atom is 0.404 e. The molecule has 5 nitrogen and oxygen atoms in total. The van der Waals surface area contributed by atoms with E-state index < -0.39 is 24.8 Å². The Bertz CT molecular complexity index is 535. The fourth-order valence-corrected chi connectivity index (χ4v) is 3.36. The van der Waals surface area contributed by atoms with Gasteiger partial charge in [-0.3, -0.25) is 9.36 Å². The van der Waals surface area contributed by atoms with Crippen LogP contribution in [-0.4, -0.2) is 24.3 Å². The second-order valence-electron chi connectivity index (χ2n) is 4.46. The van der Waals surface area contributed by atoms with Crippen molar-refractivity contribution in [2.24, 2.45) is 0 Å². The minimum Gasteiger partial charge on any atom is -0.481 e. The highest BCUT2D eigenvalue weighted by Gasteiger charge is 2.54. The number of hydrogen-bond donors (Lipinski definition) is 1. The van der Waals surface area contributed by atoms with Crippen LogP contribution in [-0.2, 0) is 30.5 Å². The van der Waals surface area contributed by atoms with Crippen molar-refractivity contribution < 1.29 is 32.3 Å². The molecular weight excluding hydrogens is 317 g/mol. The monoisotopic (exact) mass is 336 g/mol. The van der Waals surface area contributed by atoms with Crippen LogP contribution in [0, 0.1) is 0 Å². The average Bonchev–Trinajstić information content (AvgIpc) is 2.46. The summed E-state index contributed by atoms with van der Waals surface area (Å²) in [6.45, 7) is 2.58. The summed E-state index contributed by atoms with van der Waals surface area (Å²) in [5.74, 6) is -0.966. The Morgan fingerprint density at radius 1 is 1.18 bits per heavy atom. The van der Waals surface area contributed by atoms with Crippen LogP contribution in [0.5, 0.6) is 0 Å². The van der Waals surface area contributed by atoms with E-state index in [0.717, 1.165) is 12.1 Å². The van der Waals surface area contributed by atoms with Gasteiger partial charge in [0.05, 0.1) is 13.2 Å². The van der Waals surface area contributed by atoms with E-state index in [9.17, 15) is 18.1 Å². The molecule has 0 unspecified atom stereocenters. The third kappa shape index (κ3) is 4.35. The molecule has 0 bridgehead atoms. The van der Waals surface area contributed by atoms with E-state index in [-0.39, 0.29) is 26.1 Å². The van der Waals surface area contributed by atoms with Gasteiger partial charge in [0, 0.05) is 12.0 Å². The molecule has 0 aliphatic heterocycles. The van der Waals surface area contributed by atoms with Crippen LogP contribution in [0.2, 0.25) is 0 Å². The Hall–Kier alpha value is -1.30. The van der Waals surface area contributed by atoms with Crippen molar-refractivity contribution in [2.45, 2.75) is 32.4 Å². The van der Waals surface area contributed by atoms with Crippen molar-refractivity contribution in [3.05, 3.63) is 35.4 Å². The smallest absolute Gasteiger partial charge is 0.404 e. The first-order chi connectivity index (χ1) is 10.3. The Balaban J connectivity index is 3.00. The van der Waals surface area contributed by atoms with Gasteiger partial charge in [0.25, 0.3) is 0 Å². The van der Waals surface area contributed by atoms with Crippen molar-refractivity contribution >= 4 is 13.6 Å². The van der Waals surface area contributed by atoms with Crippen LogP contribution in [0.3, 0.4) is 0 Å². The molecule has 0 saturated carbocycles. The number of halogens is 2. The van der Waals surface area contributed by atoms with E-state index in [0.29, 0.717) is 5.56 Å². The largest absolute Gasteiger partial charge is 0.481 e. The van der Waals surface area contributed by atoms with Gasteiger partial charge in [-0.25, -0.2) is 0 Å². The molecule has 0 aliphatic rings. The van der Waals surface area contributed by atoms with Crippen LogP contribution in [0.4, 0.5) is 8.78 Å². The molecule has 1 rings (SSSR count). The molecule has 0 fully saturated rings. The van der Waals surface area contributed by atoms with E-state index in [1.807, 2.05) is 0 Å². The fraction of sp³-hybridized carbons (Fsp3) is 0.500. The van der Waals surface area contributed by atoms with Crippen molar-refractivity contribution in [1.82, 2.24) is 0 Å². The standard InChI is InChI=1S/C14H19F2O5P/c1-3-20-22(19,21-4-2)14(15,16)12-8-5-11(6-9-12)7-10-13(17)18/h5-6,8-9H,3-4,7,10H2,1-2H3,(H,17,18). The summed E-state index contributed by atoms with van der Waals surface area (Å²) in [7, 11) is -4.62. The first kappa shape index (κ1) is 18.7. The van der Waals surface area contributed by atoms with Gasteiger partial charge in [0.15, 0.2) is 0 Å². The van der Waals surface area contributed by atoms with E-state index in [4.69, 9.17) is 14.2 Å². The predicted octanol–water partition coefficient (Wildman–Crippen LogP) is 4.02. The first-order valence-electron chi connectivity index (χ1n) is 6.85. The summed E-state index contributed by atoms with van der Waals surface area (Å²) in [6.07, 6.45) is 0.141. The maximum absolute atomic E-state index is 14.4.